The third-order valence-corrected chi connectivity index (χ3v) is 4.57. The third-order valence-electron chi connectivity index (χ3n) is 3.76. The molecule has 0 unspecified atom stereocenters. The molecule has 3 rings (SSSR count). The third kappa shape index (κ3) is 4.22. The van der Waals surface area contributed by atoms with Crippen LogP contribution < -0.4 is 10.1 Å². The van der Waals surface area contributed by atoms with Gasteiger partial charge in [-0.05, 0) is 44.0 Å². The number of aromatic nitrogens is 2. The van der Waals surface area contributed by atoms with E-state index in [0.717, 1.165) is 16.9 Å². The van der Waals surface area contributed by atoms with Crippen LogP contribution in [0.3, 0.4) is 0 Å². The second-order valence-corrected chi connectivity index (χ2v) is 6.89. The lowest BCUT2D eigenvalue weighted by Crippen LogP contribution is -2.12. The molecule has 0 atom stereocenters. The molecule has 2 aromatic carbocycles. The first kappa shape index (κ1) is 17.1. The molecule has 5 nitrogen and oxygen atoms in total. The molecule has 1 N–H and O–H groups in total. The smallest absolute Gasteiger partial charge is 0.257 e. The molecule has 1 aromatic heterocycles. The molecule has 0 radical (unpaired) electrons. The summed E-state index contributed by atoms with van der Waals surface area (Å²) in [4.78, 5) is 12.3. The Balaban J connectivity index is 1.62. The minimum Gasteiger partial charge on any atom is -0.486 e. The fraction of sp³-hybridized carbons (Fsp3) is 0.211. The lowest BCUT2D eigenvalue weighted by molar-refractivity contribution is 0.102. The van der Waals surface area contributed by atoms with E-state index in [1.165, 1.54) is 16.9 Å². The van der Waals surface area contributed by atoms with E-state index in [2.05, 4.69) is 21.6 Å². The van der Waals surface area contributed by atoms with Crippen molar-refractivity contribution in [1.82, 2.24) is 10.2 Å². The monoisotopic (exact) mass is 353 g/mol. The van der Waals surface area contributed by atoms with Gasteiger partial charge in [0.15, 0.2) is 5.01 Å². The van der Waals surface area contributed by atoms with Crippen LogP contribution in [0.25, 0.3) is 0 Å². The van der Waals surface area contributed by atoms with Crippen LogP contribution in [0.4, 0.5) is 5.13 Å². The zero-order valence-corrected chi connectivity index (χ0v) is 15.2. The van der Waals surface area contributed by atoms with E-state index < -0.39 is 0 Å². The number of carbonyl (C=O) groups excluding carboxylic acids is 1. The number of anilines is 1. The first-order chi connectivity index (χ1) is 12.0. The first-order valence-corrected chi connectivity index (χ1v) is 8.74. The number of hydrogen-bond acceptors (Lipinski definition) is 5. The van der Waals surface area contributed by atoms with Crippen molar-refractivity contribution in [3.8, 4) is 5.75 Å². The topological polar surface area (TPSA) is 64.1 Å². The van der Waals surface area contributed by atoms with Crippen molar-refractivity contribution in [3.05, 3.63) is 69.7 Å². The number of aryl methyl sites for hydroxylation is 3. The van der Waals surface area contributed by atoms with E-state index in [1.54, 1.807) is 6.07 Å². The summed E-state index contributed by atoms with van der Waals surface area (Å²) in [5.41, 5.74) is 3.83. The molecule has 0 fully saturated rings. The van der Waals surface area contributed by atoms with E-state index >= 15 is 0 Å². The van der Waals surface area contributed by atoms with Crippen LogP contribution in [0.5, 0.6) is 5.75 Å². The fourth-order valence-electron chi connectivity index (χ4n) is 2.46. The highest BCUT2D eigenvalue weighted by molar-refractivity contribution is 7.15. The van der Waals surface area contributed by atoms with Gasteiger partial charge in [0.05, 0.1) is 0 Å². The second kappa shape index (κ2) is 7.44. The zero-order valence-electron chi connectivity index (χ0n) is 14.4. The number of ether oxygens (including phenoxy) is 1. The summed E-state index contributed by atoms with van der Waals surface area (Å²) in [5.74, 6) is 0.641. The quantitative estimate of drug-likeness (QED) is 0.743. The van der Waals surface area contributed by atoms with Crippen LogP contribution in [0.1, 0.15) is 32.1 Å². The molecule has 6 heteroatoms. The number of amides is 1. The van der Waals surface area contributed by atoms with E-state index in [1.807, 2.05) is 51.1 Å². The van der Waals surface area contributed by atoms with Crippen LogP contribution in [0.15, 0.2) is 42.5 Å². The van der Waals surface area contributed by atoms with Gasteiger partial charge in [0.25, 0.3) is 5.91 Å². The van der Waals surface area contributed by atoms with E-state index in [9.17, 15) is 4.79 Å². The van der Waals surface area contributed by atoms with Crippen molar-refractivity contribution in [2.24, 2.45) is 0 Å². The average molecular weight is 353 g/mol. The number of nitrogens with one attached hydrogen (secondary N) is 1. The minimum absolute atomic E-state index is 0.184. The van der Waals surface area contributed by atoms with Crippen LogP contribution in [-0.4, -0.2) is 16.1 Å². The molecule has 0 aliphatic heterocycles. The van der Waals surface area contributed by atoms with Gasteiger partial charge in [-0.1, -0.05) is 47.2 Å². The molecule has 0 spiro atoms. The lowest BCUT2D eigenvalue weighted by Gasteiger charge is -2.07. The highest BCUT2D eigenvalue weighted by atomic mass is 32.1. The van der Waals surface area contributed by atoms with Crippen molar-refractivity contribution in [2.45, 2.75) is 27.4 Å². The highest BCUT2D eigenvalue weighted by Crippen LogP contribution is 2.22. The van der Waals surface area contributed by atoms with Gasteiger partial charge in [0.1, 0.15) is 12.4 Å². The van der Waals surface area contributed by atoms with Gasteiger partial charge in [0.2, 0.25) is 5.13 Å². The maximum absolute atomic E-state index is 12.3. The molecule has 0 bridgehead atoms. The Morgan fingerprint density at radius 1 is 1.08 bits per heavy atom. The van der Waals surface area contributed by atoms with Gasteiger partial charge in [-0.25, -0.2) is 0 Å². The van der Waals surface area contributed by atoms with Crippen LogP contribution in [0.2, 0.25) is 0 Å². The maximum atomic E-state index is 12.3. The molecule has 0 saturated carbocycles. The van der Waals surface area contributed by atoms with Crippen LogP contribution >= 0.6 is 11.3 Å². The van der Waals surface area contributed by atoms with Gasteiger partial charge < -0.3 is 4.74 Å². The molecule has 25 heavy (non-hydrogen) atoms. The van der Waals surface area contributed by atoms with Gasteiger partial charge in [-0.15, -0.1) is 10.2 Å². The summed E-state index contributed by atoms with van der Waals surface area (Å²) in [6, 6.07) is 13.5. The molecule has 128 valence electrons. The van der Waals surface area contributed by atoms with Gasteiger partial charge in [-0.2, -0.15) is 0 Å². The number of benzene rings is 2. The predicted octanol–water partition coefficient (Wildman–Crippen LogP) is 4.29. The first-order valence-electron chi connectivity index (χ1n) is 7.92. The van der Waals surface area contributed by atoms with E-state index in [0.29, 0.717) is 22.3 Å². The molecular formula is C19H19N3O2S. The van der Waals surface area contributed by atoms with Crippen molar-refractivity contribution < 1.29 is 9.53 Å². The van der Waals surface area contributed by atoms with Crippen LogP contribution in [-0.2, 0) is 6.61 Å². The van der Waals surface area contributed by atoms with Crippen molar-refractivity contribution in [1.29, 1.82) is 0 Å². The molecule has 0 saturated heterocycles. The minimum atomic E-state index is -0.184. The summed E-state index contributed by atoms with van der Waals surface area (Å²) in [5, 5.41) is 12.1. The number of carbonyl (C=O) groups is 1. The number of hydrogen-bond donors (Lipinski definition) is 1. The maximum Gasteiger partial charge on any atom is 0.257 e. The van der Waals surface area contributed by atoms with Gasteiger partial charge in [-0.3, -0.25) is 10.1 Å². The standard InChI is InChI=1S/C19H19N3O2S/c1-12-8-9-16(14(3)10-12)24-11-17-21-22-19(25-17)20-18(23)15-7-5-4-6-13(15)2/h4-10H,11H2,1-3H3,(H,20,22,23). The second-order valence-electron chi connectivity index (χ2n) is 5.83. The highest BCUT2D eigenvalue weighted by Gasteiger charge is 2.12. The molecule has 3 aromatic rings. The molecule has 1 heterocycles. The molecule has 1 amide bonds. The SMILES string of the molecule is Cc1ccc(OCc2nnc(NC(=O)c3ccccc3C)s2)c(C)c1. The molecule has 0 aliphatic carbocycles. The lowest BCUT2D eigenvalue weighted by atomic mass is 10.1. The van der Waals surface area contributed by atoms with Crippen LogP contribution in [0, 0.1) is 20.8 Å². The van der Waals surface area contributed by atoms with Gasteiger partial charge >= 0.3 is 0 Å². The molecule has 0 aliphatic rings. The van der Waals surface area contributed by atoms with E-state index in [-0.39, 0.29) is 5.91 Å². The van der Waals surface area contributed by atoms with Crippen molar-refractivity contribution in [2.75, 3.05) is 5.32 Å². The zero-order chi connectivity index (χ0) is 17.8. The molecular weight excluding hydrogens is 334 g/mol. The summed E-state index contributed by atoms with van der Waals surface area (Å²) >= 11 is 1.31. The largest absolute Gasteiger partial charge is 0.486 e. The van der Waals surface area contributed by atoms with E-state index in [4.69, 9.17) is 4.74 Å². The average Bonchev–Trinajstić information content (AvgIpc) is 3.02. The van der Waals surface area contributed by atoms with Crippen molar-refractivity contribution >= 4 is 22.4 Å². The summed E-state index contributed by atoms with van der Waals surface area (Å²) < 4.78 is 5.80. The predicted molar refractivity (Wildman–Crippen MR) is 99.3 cm³/mol. The summed E-state index contributed by atoms with van der Waals surface area (Å²) in [6.07, 6.45) is 0. The number of rotatable bonds is 5. The summed E-state index contributed by atoms with van der Waals surface area (Å²) in [7, 11) is 0. The number of nitrogens with zero attached hydrogens (tertiary/aromatic N) is 2. The Labute approximate surface area is 150 Å². The Morgan fingerprint density at radius 2 is 1.88 bits per heavy atom. The fourth-order valence-corrected chi connectivity index (χ4v) is 3.10. The Bertz CT molecular complexity index is 905. The Kier molecular flexibility index (Phi) is 5.09. The normalized spacial score (nSPS) is 10.5. The van der Waals surface area contributed by atoms with Gasteiger partial charge in [0, 0.05) is 5.56 Å². The summed E-state index contributed by atoms with van der Waals surface area (Å²) in [6.45, 7) is 6.28. The Hall–Kier alpha value is -2.73. The Morgan fingerprint density at radius 3 is 2.64 bits per heavy atom. The van der Waals surface area contributed by atoms with Crippen molar-refractivity contribution in [3.63, 3.8) is 0 Å².